The van der Waals surface area contributed by atoms with Crippen LogP contribution in [0.5, 0.6) is 0 Å². The van der Waals surface area contributed by atoms with Gasteiger partial charge < -0.3 is 10.4 Å². The number of benzene rings is 1. The Kier molecular flexibility index (Phi) is 6.90. The number of thioether (sulfide) groups is 1. The van der Waals surface area contributed by atoms with Crippen LogP contribution in [0.15, 0.2) is 29.2 Å². The Morgan fingerprint density at radius 2 is 1.89 bits per heavy atom. The maximum Gasteiger partial charge on any atom is 0.0599 e. The van der Waals surface area contributed by atoms with Gasteiger partial charge in [0.25, 0.3) is 0 Å². The third kappa shape index (κ3) is 7.00. The van der Waals surface area contributed by atoms with Gasteiger partial charge in [0.1, 0.15) is 0 Å². The number of hydrogen-bond acceptors (Lipinski definition) is 3. The number of rotatable bonds is 8. The van der Waals surface area contributed by atoms with Crippen molar-refractivity contribution in [2.75, 3.05) is 12.3 Å². The second kappa shape index (κ2) is 7.93. The van der Waals surface area contributed by atoms with Crippen molar-refractivity contribution in [3.63, 3.8) is 0 Å². The van der Waals surface area contributed by atoms with E-state index >= 15 is 0 Å². The molecule has 1 rings (SSSR count). The summed E-state index contributed by atoms with van der Waals surface area (Å²) in [5.41, 5.74) is 0.770. The van der Waals surface area contributed by atoms with Gasteiger partial charge in [-0.05, 0) is 57.9 Å². The van der Waals surface area contributed by atoms with E-state index in [0.29, 0.717) is 6.04 Å². The largest absolute Gasteiger partial charge is 0.390 e. The summed E-state index contributed by atoms with van der Waals surface area (Å²) in [4.78, 5) is 1.27. The van der Waals surface area contributed by atoms with Crippen molar-refractivity contribution in [2.24, 2.45) is 0 Å². The van der Waals surface area contributed by atoms with E-state index in [4.69, 9.17) is 0 Å². The summed E-state index contributed by atoms with van der Waals surface area (Å²) >= 11 is 1.81. The second-order valence-corrected chi connectivity index (χ2v) is 6.82. The molecule has 1 aromatic carbocycles. The van der Waals surface area contributed by atoms with E-state index in [-0.39, 0.29) is 0 Å². The molecule has 0 aliphatic heterocycles. The van der Waals surface area contributed by atoms with E-state index in [9.17, 15) is 5.11 Å². The molecular weight excluding hydrogens is 254 g/mol. The molecular formula is C16H27NOS. The Bertz CT molecular complexity index is 356. The summed E-state index contributed by atoms with van der Waals surface area (Å²) in [7, 11) is 0. The van der Waals surface area contributed by atoms with Crippen molar-refractivity contribution in [2.45, 2.75) is 57.1 Å². The van der Waals surface area contributed by atoms with Gasteiger partial charge in [0.15, 0.2) is 0 Å². The van der Waals surface area contributed by atoms with Crippen LogP contribution in [0.3, 0.4) is 0 Å². The van der Waals surface area contributed by atoms with Crippen LogP contribution in [0.2, 0.25) is 0 Å². The molecule has 1 aromatic rings. The minimum absolute atomic E-state index is 0.412. The molecule has 0 bridgehead atoms. The number of aliphatic hydroxyl groups is 1. The third-order valence-corrected chi connectivity index (χ3v) is 4.08. The predicted octanol–water partition coefficient (Wildman–Crippen LogP) is 4.00. The lowest BCUT2D eigenvalue weighted by atomic mass is 10.1. The molecule has 0 spiro atoms. The fraction of sp³-hybridized carbons (Fsp3) is 0.625. The molecule has 0 saturated carbocycles. The Morgan fingerprint density at radius 3 is 2.42 bits per heavy atom. The van der Waals surface area contributed by atoms with Gasteiger partial charge in [-0.25, -0.2) is 0 Å². The SMILES string of the molecule is CCCNC(C)c1ccc(SCCC(C)(C)O)cc1. The lowest BCUT2D eigenvalue weighted by Gasteiger charge is -2.16. The highest BCUT2D eigenvalue weighted by molar-refractivity contribution is 7.99. The van der Waals surface area contributed by atoms with Crippen molar-refractivity contribution in [1.29, 1.82) is 0 Å². The fourth-order valence-corrected chi connectivity index (χ4v) is 2.92. The Balaban J connectivity index is 2.43. The van der Waals surface area contributed by atoms with Gasteiger partial charge >= 0.3 is 0 Å². The molecule has 0 fully saturated rings. The highest BCUT2D eigenvalue weighted by Gasteiger charge is 2.11. The van der Waals surface area contributed by atoms with Crippen LogP contribution in [0, 0.1) is 0 Å². The van der Waals surface area contributed by atoms with E-state index in [1.54, 1.807) is 11.8 Å². The number of nitrogens with one attached hydrogen (secondary N) is 1. The first-order valence-electron chi connectivity index (χ1n) is 7.11. The monoisotopic (exact) mass is 281 g/mol. The van der Waals surface area contributed by atoms with E-state index in [2.05, 4.69) is 43.4 Å². The molecule has 0 aliphatic carbocycles. The molecule has 1 unspecified atom stereocenters. The Labute approximate surface area is 122 Å². The summed E-state index contributed by atoms with van der Waals surface area (Å²) in [5.74, 6) is 0.951. The van der Waals surface area contributed by atoms with Gasteiger partial charge in [-0.15, -0.1) is 11.8 Å². The average Bonchev–Trinajstić information content (AvgIpc) is 2.35. The maximum absolute atomic E-state index is 9.67. The second-order valence-electron chi connectivity index (χ2n) is 5.66. The summed E-state index contributed by atoms with van der Waals surface area (Å²) in [5, 5.41) is 13.2. The first-order chi connectivity index (χ1) is 8.92. The molecule has 0 amide bonds. The van der Waals surface area contributed by atoms with Gasteiger partial charge in [-0.1, -0.05) is 19.1 Å². The van der Waals surface area contributed by atoms with Crippen molar-refractivity contribution in [3.8, 4) is 0 Å². The highest BCUT2D eigenvalue weighted by Crippen LogP contribution is 2.23. The first kappa shape index (κ1) is 16.5. The van der Waals surface area contributed by atoms with Crippen molar-refractivity contribution in [1.82, 2.24) is 5.32 Å². The smallest absolute Gasteiger partial charge is 0.0599 e. The molecule has 2 N–H and O–H groups in total. The van der Waals surface area contributed by atoms with Gasteiger partial charge in [-0.3, -0.25) is 0 Å². The average molecular weight is 281 g/mol. The molecule has 0 heterocycles. The van der Waals surface area contributed by atoms with Crippen LogP contribution in [0.25, 0.3) is 0 Å². The molecule has 108 valence electrons. The molecule has 0 aliphatic rings. The maximum atomic E-state index is 9.67. The summed E-state index contributed by atoms with van der Waals surface area (Å²) in [6.07, 6.45) is 1.98. The van der Waals surface area contributed by atoms with E-state index in [1.807, 2.05) is 13.8 Å². The van der Waals surface area contributed by atoms with Crippen molar-refractivity contribution >= 4 is 11.8 Å². The molecule has 0 aromatic heterocycles. The van der Waals surface area contributed by atoms with Crippen LogP contribution >= 0.6 is 11.8 Å². The predicted molar refractivity (Wildman–Crippen MR) is 84.8 cm³/mol. The standard InChI is InChI=1S/C16H27NOS/c1-5-11-17-13(2)14-6-8-15(9-7-14)19-12-10-16(3,4)18/h6-9,13,17-18H,5,10-12H2,1-4H3. The molecule has 0 radical (unpaired) electrons. The van der Waals surface area contributed by atoms with Crippen molar-refractivity contribution < 1.29 is 5.11 Å². The molecule has 0 saturated heterocycles. The lowest BCUT2D eigenvalue weighted by molar-refractivity contribution is 0.0778. The van der Waals surface area contributed by atoms with Crippen LogP contribution in [-0.2, 0) is 0 Å². The van der Waals surface area contributed by atoms with Gasteiger partial charge in [0.05, 0.1) is 5.60 Å². The molecule has 3 heteroatoms. The summed E-state index contributed by atoms with van der Waals surface area (Å²) < 4.78 is 0. The molecule has 1 atom stereocenters. The minimum Gasteiger partial charge on any atom is -0.390 e. The normalized spacial score (nSPS) is 13.5. The van der Waals surface area contributed by atoms with Crippen LogP contribution in [0.4, 0.5) is 0 Å². The fourth-order valence-electron chi connectivity index (χ4n) is 1.75. The van der Waals surface area contributed by atoms with Gasteiger partial charge in [0, 0.05) is 16.7 Å². The molecule has 19 heavy (non-hydrogen) atoms. The van der Waals surface area contributed by atoms with E-state index < -0.39 is 5.60 Å². The first-order valence-corrected chi connectivity index (χ1v) is 8.09. The van der Waals surface area contributed by atoms with Crippen molar-refractivity contribution in [3.05, 3.63) is 29.8 Å². The minimum atomic E-state index is -0.564. The van der Waals surface area contributed by atoms with Crippen LogP contribution in [-0.4, -0.2) is 23.0 Å². The zero-order chi connectivity index (χ0) is 14.3. The van der Waals surface area contributed by atoms with Crippen LogP contribution in [0.1, 0.15) is 52.1 Å². The van der Waals surface area contributed by atoms with E-state index in [0.717, 1.165) is 25.1 Å². The number of hydrogen-bond donors (Lipinski definition) is 2. The van der Waals surface area contributed by atoms with Crippen LogP contribution < -0.4 is 5.32 Å². The summed E-state index contributed by atoms with van der Waals surface area (Å²) in [6.45, 7) is 9.16. The lowest BCUT2D eigenvalue weighted by Crippen LogP contribution is -2.19. The van der Waals surface area contributed by atoms with Gasteiger partial charge in [0.2, 0.25) is 0 Å². The third-order valence-electron chi connectivity index (χ3n) is 3.06. The quantitative estimate of drug-likeness (QED) is 0.706. The topological polar surface area (TPSA) is 32.3 Å². The zero-order valence-corrected chi connectivity index (χ0v) is 13.4. The Morgan fingerprint density at radius 1 is 1.26 bits per heavy atom. The summed E-state index contributed by atoms with van der Waals surface area (Å²) in [6, 6.07) is 9.15. The highest BCUT2D eigenvalue weighted by atomic mass is 32.2. The Hall–Kier alpha value is -0.510. The van der Waals surface area contributed by atoms with E-state index in [1.165, 1.54) is 10.5 Å². The zero-order valence-electron chi connectivity index (χ0n) is 12.6. The van der Waals surface area contributed by atoms with Gasteiger partial charge in [-0.2, -0.15) is 0 Å². The molecule has 2 nitrogen and oxygen atoms in total.